The molecule has 0 aliphatic heterocycles. The molecule has 0 saturated heterocycles. The lowest BCUT2D eigenvalue weighted by Gasteiger charge is -2.12. The topological polar surface area (TPSA) is 73.9 Å². The molecule has 0 spiro atoms. The van der Waals surface area contributed by atoms with Crippen molar-refractivity contribution in [2.75, 3.05) is 19.8 Å². The van der Waals surface area contributed by atoms with Crippen LogP contribution in [0.3, 0.4) is 0 Å². The Kier molecular flexibility index (Phi) is 7.99. The van der Waals surface area contributed by atoms with Crippen molar-refractivity contribution in [3.05, 3.63) is 95.8 Å². The Labute approximate surface area is 179 Å². The van der Waals surface area contributed by atoms with Crippen molar-refractivity contribution < 1.29 is 28.2 Å². The Morgan fingerprint density at radius 1 is 0.806 bits per heavy atom. The molecule has 0 aliphatic rings. The normalized spacial score (nSPS) is 10.2. The van der Waals surface area contributed by atoms with E-state index < -0.39 is 24.3 Å². The Morgan fingerprint density at radius 2 is 1.48 bits per heavy atom. The first-order valence-electron chi connectivity index (χ1n) is 9.70. The molecule has 3 aromatic rings. The standard InChI is InChI=1S/C24H22FNO5/c25-21-12-6-4-8-18(21)16-26-23(27)17-31-24(28)20-11-5-7-13-22(20)30-15-14-29-19-9-2-1-3-10-19/h1-13H,14-17H2,(H,26,27). The summed E-state index contributed by atoms with van der Waals surface area (Å²) in [6.07, 6.45) is 0. The number of ether oxygens (including phenoxy) is 3. The molecule has 160 valence electrons. The van der Waals surface area contributed by atoms with Crippen LogP contribution in [-0.4, -0.2) is 31.7 Å². The van der Waals surface area contributed by atoms with Crippen LogP contribution in [0.4, 0.5) is 4.39 Å². The fraction of sp³-hybridized carbons (Fsp3) is 0.167. The van der Waals surface area contributed by atoms with Crippen LogP contribution in [0.5, 0.6) is 11.5 Å². The average molecular weight is 423 g/mol. The minimum atomic E-state index is -0.694. The monoisotopic (exact) mass is 423 g/mol. The van der Waals surface area contributed by atoms with Crippen LogP contribution in [-0.2, 0) is 16.1 Å². The van der Waals surface area contributed by atoms with Crippen molar-refractivity contribution in [1.29, 1.82) is 0 Å². The summed E-state index contributed by atoms with van der Waals surface area (Å²) >= 11 is 0. The second kappa shape index (κ2) is 11.3. The molecular weight excluding hydrogens is 401 g/mol. The maximum absolute atomic E-state index is 13.6. The second-order valence-corrected chi connectivity index (χ2v) is 6.45. The summed E-state index contributed by atoms with van der Waals surface area (Å²) in [5.41, 5.74) is 0.544. The third-order valence-corrected chi connectivity index (χ3v) is 4.23. The summed E-state index contributed by atoms with van der Waals surface area (Å²) in [6.45, 7) is 0.0388. The zero-order valence-electron chi connectivity index (χ0n) is 16.8. The SMILES string of the molecule is O=C(COC(=O)c1ccccc1OCCOc1ccccc1)NCc1ccccc1F. The van der Waals surface area contributed by atoms with Crippen molar-refractivity contribution >= 4 is 11.9 Å². The number of hydrogen-bond acceptors (Lipinski definition) is 5. The Bertz CT molecular complexity index is 1010. The number of rotatable bonds is 10. The lowest BCUT2D eigenvalue weighted by molar-refractivity contribution is -0.124. The Morgan fingerprint density at radius 3 is 2.29 bits per heavy atom. The molecule has 0 saturated carbocycles. The summed E-state index contributed by atoms with van der Waals surface area (Å²) in [7, 11) is 0. The number of esters is 1. The van der Waals surface area contributed by atoms with E-state index in [2.05, 4.69) is 5.32 Å². The van der Waals surface area contributed by atoms with Gasteiger partial charge in [-0.2, -0.15) is 0 Å². The summed E-state index contributed by atoms with van der Waals surface area (Å²) in [6, 6.07) is 22.0. The third-order valence-electron chi connectivity index (χ3n) is 4.23. The molecule has 0 bridgehead atoms. The Hall–Kier alpha value is -3.87. The summed E-state index contributed by atoms with van der Waals surface area (Å²) in [4.78, 5) is 24.3. The lowest BCUT2D eigenvalue weighted by Crippen LogP contribution is -2.28. The molecule has 31 heavy (non-hydrogen) atoms. The van der Waals surface area contributed by atoms with Gasteiger partial charge < -0.3 is 19.5 Å². The molecule has 3 rings (SSSR count). The van der Waals surface area contributed by atoms with Crippen molar-refractivity contribution in [3.63, 3.8) is 0 Å². The summed E-state index contributed by atoms with van der Waals surface area (Å²) in [5.74, 6) is -0.592. The summed E-state index contributed by atoms with van der Waals surface area (Å²) < 4.78 is 29.8. The van der Waals surface area contributed by atoms with E-state index in [4.69, 9.17) is 14.2 Å². The number of para-hydroxylation sites is 2. The first-order chi connectivity index (χ1) is 15.1. The minimum Gasteiger partial charge on any atom is -0.490 e. The van der Waals surface area contributed by atoms with Crippen LogP contribution >= 0.6 is 0 Å². The van der Waals surface area contributed by atoms with Crippen LogP contribution in [0.2, 0.25) is 0 Å². The first-order valence-corrected chi connectivity index (χ1v) is 9.70. The van der Waals surface area contributed by atoms with E-state index in [1.807, 2.05) is 30.3 Å². The van der Waals surface area contributed by atoms with Gasteiger partial charge in [0.15, 0.2) is 6.61 Å². The number of benzene rings is 3. The van der Waals surface area contributed by atoms with Crippen LogP contribution < -0.4 is 14.8 Å². The second-order valence-electron chi connectivity index (χ2n) is 6.45. The van der Waals surface area contributed by atoms with E-state index in [1.54, 1.807) is 42.5 Å². The van der Waals surface area contributed by atoms with Crippen molar-refractivity contribution in [2.24, 2.45) is 0 Å². The Balaban J connectivity index is 1.45. The van der Waals surface area contributed by atoms with Gasteiger partial charge in [0.2, 0.25) is 0 Å². The van der Waals surface area contributed by atoms with Gasteiger partial charge in [-0.25, -0.2) is 9.18 Å². The van der Waals surface area contributed by atoms with E-state index >= 15 is 0 Å². The third kappa shape index (κ3) is 6.85. The molecule has 0 radical (unpaired) electrons. The maximum atomic E-state index is 13.6. The fourth-order valence-electron chi connectivity index (χ4n) is 2.68. The van der Waals surface area contributed by atoms with Crippen molar-refractivity contribution in [3.8, 4) is 11.5 Å². The van der Waals surface area contributed by atoms with Crippen LogP contribution in [0, 0.1) is 5.82 Å². The molecule has 1 N–H and O–H groups in total. The summed E-state index contributed by atoms with van der Waals surface area (Å²) in [5, 5.41) is 2.51. The van der Waals surface area contributed by atoms with E-state index in [0.29, 0.717) is 17.9 Å². The smallest absolute Gasteiger partial charge is 0.342 e. The van der Waals surface area contributed by atoms with E-state index in [9.17, 15) is 14.0 Å². The number of amides is 1. The van der Waals surface area contributed by atoms with Gasteiger partial charge in [0.1, 0.15) is 36.1 Å². The number of carbonyl (C=O) groups excluding carboxylic acids is 2. The zero-order valence-corrected chi connectivity index (χ0v) is 16.8. The largest absolute Gasteiger partial charge is 0.490 e. The van der Waals surface area contributed by atoms with E-state index in [1.165, 1.54) is 6.07 Å². The molecule has 6 nitrogen and oxygen atoms in total. The number of hydrogen-bond donors (Lipinski definition) is 1. The highest BCUT2D eigenvalue weighted by molar-refractivity contribution is 5.93. The zero-order chi connectivity index (χ0) is 21.9. The highest BCUT2D eigenvalue weighted by Crippen LogP contribution is 2.19. The van der Waals surface area contributed by atoms with Crippen LogP contribution in [0.1, 0.15) is 15.9 Å². The van der Waals surface area contributed by atoms with Crippen LogP contribution in [0.15, 0.2) is 78.9 Å². The lowest BCUT2D eigenvalue weighted by atomic mass is 10.2. The number of halogens is 1. The predicted octanol–water partition coefficient (Wildman–Crippen LogP) is 3.76. The van der Waals surface area contributed by atoms with Crippen molar-refractivity contribution in [1.82, 2.24) is 5.32 Å². The molecule has 0 unspecified atom stereocenters. The maximum Gasteiger partial charge on any atom is 0.342 e. The van der Waals surface area contributed by atoms with Gasteiger partial charge in [0, 0.05) is 12.1 Å². The van der Waals surface area contributed by atoms with Crippen LogP contribution in [0.25, 0.3) is 0 Å². The van der Waals surface area contributed by atoms with Gasteiger partial charge in [-0.15, -0.1) is 0 Å². The van der Waals surface area contributed by atoms with Gasteiger partial charge in [0.25, 0.3) is 5.91 Å². The molecule has 0 fully saturated rings. The highest BCUT2D eigenvalue weighted by atomic mass is 19.1. The number of carbonyl (C=O) groups is 2. The van der Waals surface area contributed by atoms with Gasteiger partial charge in [-0.05, 0) is 30.3 Å². The van der Waals surface area contributed by atoms with Gasteiger partial charge in [-0.1, -0.05) is 48.5 Å². The highest BCUT2D eigenvalue weighted by Gasteiger charge is 2.15. The molecule has 1 amide bonds. The van der Waals surface area contributed by atoms with E-state index in [-0.39, 0.29) is 18.7 Å². The van der Waals surface area contributed by atoms with Gasteiger partial charge in [-0.3, -0.25) is 4.79 Å². The van der Waals surface area contributed by atoms with Gasteiger partial charge >= 0.3 is 5.97 Å². The molecule has 0 heterocycles. The predicted molar refractivity (Wildman–Crippen MR) is 112 cm³/mol. The molecule has 3 aromatic carbocycles. The van der Waals surface area contributed by atoms with Gasteiger partial charge in [0.05, 0.1) is 0 Å². The minimum absolute atomic E-state index is 0.00414. The molecular formula is C24H22FNO5. The number of nitrogens with one attached hydrogen (secondary N) is 1. The molecule has 0 aliphatic carbocycles. The van der Waals surface area contributed by atoms with Crippen molar-refractivity contribution in [2.45, 2.75) is 6.54 Å². The average Bonchev–Trinajstić information content (AvgIpc) is 2.80. The molecule has 0 atom stereocenters. The molecule has 0 aromatic heterocycles. The molecule has 7 heteroatoms. The fourth-order valence-corrected chi connectivity index (χ4v) is 2.68. The van der Waals surface area contributed by atoms with E-state index in [0.717, 1.165) is 5.75 Å². The first kappa shape index (κ1) is 21.8. The quantitative estimate of drug-likeness (QED) is 0.397.